The average molecular weight is 201 g/mol. The molecule has 2 atom stereocenters. The van der Waals surface area contributed by atoms with E-state index in [1.165, 1.54) is 0 Å². The van der Waals surface area contributed by atoms with Crippen LogP contribution in [0.3, 0.4) is 0 Å². The number of aliphatic carboxylic acids is 1. The quantitative estimate of drug-likeness (QED) is 0.646. The van der Waals surface area contributed by atoms with Crippen molar-refractivity contribution in [1.29, 1.82) is 0 Å². The third-order valence-corrected chi connectivity index (χ3v) is 2.91. The Morgan fingerprint density at radius 1 is 1.57 bits per heavy atom. The molecule has 4 heteroatoms. The minimum absolute atomic E-state index is 0.165. The lowest BCUT2D eigenvalue weighted by molar-refractivity contribution is -0.148. The lowest BCUT2D eigenvalue weighted by atomic mass is 9.79. The van der Waals surface area contributed by atoms with E-state index in [0.29, 0.717) is 6.61 Å². The zero-order valence-corrected chi connectivity index (χ0v) is 8.90. The van der Waals surface area contributed by atoms with E-state index in [4.69, 9.17) is 9.84 Å². The molecule has 4 nitrogen and oxygen atoms in total. The van der Waals surface area contributed by atoms with E-state index in [0.717, 1.165) is 26.0 Å². The number of hydrogen-bond acceptors (Lipinski definition) is 3. The van der Waals surface area contributed by atoms with Crippen molar-refractivity contribution in [2.75, 3.05) is 26.8 Å². The van der Waals surface area contributed by atoms with Crippen molar-refractivity contribution in [3.63, 3.8) is 0 Å². The number of ether oxygens (including phenoxy) is 1. The second-order valence-corrected chi connectivity index (χ2v) is 3.77. The van der Waals surface area contributed by atoms with Gasteiger partial charge in [-0.2, -0.15) is 0 Å². The third-order valence-electron chi connectivity index (χ3n) is 2.91. The maximum absolute atomic E-state index is 10.8. The number of carbonyl (C=O) groups is 1. The Balaban J connectivity index is 2.23. The van der Waals surface area contributed by atoms with Gasteiger partial charge in [0.25, 0.3) is 0 Å². The van der Waals surface area contributed by atoms with Crippen LogP contribution in [0.4, 0.5) is 0 Å². The minimum Gasteiger partial charge on any atom is -0.481 e. The second kappa shape index (κ2) is 5.32. The normalized spacial score (nSPS) is 26.2. The first-order chi connectivity index (χ1) is 6.66. The monoisotopic (exact) mass is 201 g/mol. The molecule has 0 spiro atoms. The number of nitrogens with zero attached hydrogens (tertiary/aromatic N) is 1. The molecule has 0 amide bonds. The molecular weight excluding hydrogens is 182 g/mol. The van der Waals surface area contributed by atoms with Crippen molar-refractivity contribution < 1.29 is 14.6 Å². The molecule has 0 aromatic heterocycles. The molecule has 0 radical (unpaired) electrons. The molecule has 1 aliphatic rings. The van der Waals surface area contributed by atoms with Crippen molar-refractivity contribution in [3.8, 4) is 0 Å². The SMILES string of the molecule is CCOCCN(C)C1CCC1C(=O)O. The van der Waals surface area contributed by atoms with Gasteiger partial charge in [0.2, 0.25) is 0 Å². The van der Waals surface area contributed by atoms with Gasteiger partial charge in [-0.25, -0.2) is 0 Å². The fourth-order valence-electron chi connectivity index (χ4n) is 1.82. The van der Waals surface area contributed by atoms with Crippen LogP contribution in [0.25, 0.3) is 0 Å². The summed E-state index contributed by atoms with van der Waals surface area (Å²) in [6.07, 6.45) is 1.82. The second-order valence-electron chi connectivity index (χ2n) is 3.77. The maximum atomic E-state index is 10.8. The summed E-state index contributed by atoms with van der Waals surface area (Å²) in [5.41, 5.74) is 0. The molecule has 0 bridgehead atoms. The summed E-state index contributed by atoms with van der Waals surface area (Å²) in [6.45, 7) is 4.20. The van der Waals surface area contributed by atoms with Gasteiger partial charge in [0.15, 0.2) is 0 Å². The Kier molecular flexibility index (Phi) is 4.35. The van der Waals surface area contributed by atoms with Gasteiger partial charge < -0.3 is 14.7 Å². The van der Waals surface area contributed by atoms with Gasteiger partial charge in [-0.3, -0.25) is 4.79 Å². The lowest BCUT2D eigenvalue weighted by Crippen LogP contribution is -2.49. The molecule has 1 aliphatic carbocycles. The van der Waals surface area contributed by atoms with Gasteiger partial charge in [0.05, 0.1) is 12.5 Å². The van der Waals surface area contributed by atoms with E-state index in [9.17, 15) is 4.79 Å². The molecule has 0 saturated heterocycles. The zero-order chi connectivity index (χ0) is 10.6. The van der Waals surface area contributed by atoms with Crippen LogP contribution in [0.2, 0.25) is 0 Å². The Morgan fingerprint density at radius 3 is 2.71 bits per heavy atom. The molecule has 2 unspecified atom stereocenters. The summed E-state index contributed by atoms with van der Waals surface area (Å²) in [6, 6.07) is 0.216. The summed E-state index contributed by atoms with van der Waals surface area (Å²) in [5.74, 6) is -0.828. The molecule has 1 saturated carbocycles. The molecule has 0 aliphatic heterocycles. The fourth-order valence-corrected chi connectivity index (χ4v) is 1.82. The van der Waals surface area contributed by atoms with E-state index in [2.05, 4.69) is 4.90 Å². The van der Waals surface area contributed by atoms with Gasteiger partial charge in [-0.1, -0.05) is 0 Å². The van der Waals surface area contributed by atoms with Crippen molar-refractivity contribution in [3.05, 3.63) is 0 Å². The highest BCUT2D eigenvalue weighted by Crippen LogP contribution is 2.31. The van der Waals surface area contributed by atoms with Gasteiger partial charge in [-0.05, 0) is 26.8 Å². The Labute approximate surface area is 84.8 Å². The van der Waals surface area contributed by atoms with E-state index in [1.54, 1.807) is 0 Å². The van der Waals surface area contributed by atoms with Crippen LogP contribution >= 0.6 is 0 Å². The van der Waals surface area contributed by atoms with Gasteiger partial charge in [0.1, 0.15) is 0 Å². The number of likely N-dealkylation sites (N-methyl/N-ethyl adjacent to an activating group) is 1. The molecule has 0 heterocycles. The first-order valence-corrected chi connectivity index (χ1v) is 5.17. The first kappa shape index (κ1) is 11.5. The third kappa shape index (κ3) is 2.69. The van der Waals surface area contributed by atoms with E-state index >= 15 is 0 Å². The molecule has 82 valence electrons. The summed E-state index contributed by atoms with van der Waals surface area (Å²) in [7, 11) is 1.97. The maximum Gasteiger partial charge on any atom is 0.308 e. The average Bonchev–Trinajstić information content (AvgIpc) is 2.01. The number of carboxylic acid groups (broad SMARTS) is 1. The number of carboxylic acids is 1. The molecule has 1 rings (SSSR count). The number of rotatable bonds is 6. The molecular formula is C10H19NO3. The highest BCUT2D eigenvalue weighted by atomic mass is 16.5. The smallest absolute Gasteiger partial charge is 0.308 e. The predicted octanol–water partition coefficient (Wildman–Crippen LogP) is 0.818. The highest BCUT2D eigenvalue weighted by Gasteiger charge is 2.38. The molecule has 0 aromatic rings. The highest BCUT2D eigenvalue weighted by molar-refractivity contribution is 5.72. The summed E-state index contributed by atoms with van der Waals surface area (Å²) in [4.78, 5) is 12.9. The Hall–Kier alpha value is -0.610. The fraction of sp³-hybridized carbons (Fsp3) is 0.900. The standard InChI is InChI=1S/C10H19NO3/c1-3-14-7-6-11(2)9-5-4-8(9)10(12)13/h8-9H,3-7H2,1-2H3,(H,12,13). The van der Waals surface area contributed by atoms with Crippen LogP contribution in [0.5, 0.6) is 0 Å². The summed E-state index contributed by atoms with van der Waals surface area (Å²) >= 11 is 0. The molecule has 14 heavy (non-hydrogen) atoms. The van der Waals surface area contributed by atoms with Gasteiger partial charge in [-0.15, -0.1) is 0 Å². The van der Waals surface area contributed by atoms with Crippen LogP contribution in [0.15, 0.2) is 0 Å². The van der Waals surface area contributed by atoms with E-state index < -0.39 is 5.97 Å². The molecule has 1 N–H and O–H groups in total. The van der Waals surface area contributed by atoms with Crippen molar-refractivity contribution in [2.45, 2.75) is 25.8 Å². The summed E-state index contributed by atoms with van der Waals surface area (Å²) in [5, 5.41) is 8.87. The van der Waals surface area contributed by atoms with Gasteiger partial charge >= 0.3 is 5.97 Å². The van der Waals surface area contributed by atoms with Crippen molar-refractivity contribution in [1.82, 2.24) is 4.90 Å². The van der Waals surface area contributed by atoms with Crippen LogP contribution in [0, 0.1) is 5.92 Å². The van der Waals surface area contributed by atoms with Crippen LogP contribution in [-0.2, 0) is 9.53 Å². The van der Waals surface area contributed by atoms with Gasteiger partial charge in [0, 0.05) is 19.2 Å². The van der Waals surface area contributed by atoms with E-state index in [-0.39, 0.29) is 12.0 Å². The van der Waals surface area contributed by atoms with Crippen LogP contribution in [0.1, 0.15) is 19.8 Å². The largest absolute Gasteiger partial charge is 0.481 e. The molecule has 0 aromatic carbocycles. The Morgan fingerprint density at radius 2 is 2.29 bits per heavy atom. The minimum atomic E-state index is -0.662. The van der Waals surface area contributed by atoms with Crippen molar-refractivity contribution >= 4 is 5.97 Å². The zero-order valence-electron chi connectivity index (χ0n) is 8.90. The van der Waals surface area contributed by atoms with Crippen LogP contribution < -0.4 is 0 Å². The topological polar surface area (TPSA) is 49.8 Å². The van der Waals surface area contributed by atoms with Crippen molar-refractivity contribution in [2.24, 2.45) is 5.92 Å². The summed E-state index contributed by atoms with van der Waals surface area (Å²) < 4.78 is 5.23. The lowest BCUT2D eigenvalue weighted by Gasteiger charge is -2.40. The van der Waals surface area contributed by atoms with Crippen LogP contribution in [-0.4, -0.2) is 48.8 Å². The number of hydrogen-bond donors (Lipinski definition) is 1. The van der Waals surface area contributed by atoms with E-state index in [1.807, 2.05) is 14.0 Å². The predicted molar refractivity (Wildman–Crippen MR) is 53.3 cm³/mol. The molecule has 1 fully saturated rings. The Bertz CT molecular complexity index is 196. The first-order valence-electron chi connectivity index (χ1n) is 5.17.